The Labute approximate surface area is 233 Å². The number of urea groups is 1. The van der Waals surface area contributed by atoms with Gasteiger partial charge in [0.25, 0.3) is 0 Å². The first-order valence-electron chi connectivity index (χ1n) is 15.3. The molecule has 1 saturated heterocycles. The van der Waals surface area contributed by atoms with Crippen LogP contribution in [0.25, 0.3) is 16.7 Å². The van der Waals surface area contributed by atoms with Crippen LogP contribution in [0.3, 0.4) is 0 Å². The minimum Gasteiger partial charge on any atom is -0.377 e. The second-order valence-electron chi connectivity index (χ2n) is 13.5. The maximum atomic E-state index is 13.8. The van der Waals surface area contributed by atoms with Crippen molar-refractivity contribution < 1.29 is 9.53 Å². The van der Waals surface area contributed by atoms with Crippen molar-refractivity contribution in [3.05, 3.63) is 58.4 Å². The van der Waals surface area contributed by atoms with Crippen LogP contribution in [0, 0.1) is 11.8 Å². The smallest absolute Gasteiger partial charge is 0.320 e. The van der Waals surface area contributed by atoms with E-state index < -0.39 is 0 Å². The van der Waals surface area contributed by atoms with E-state index in [1.54, 1.807) is 0 Å². The predicted octanol–water partition coefficient (Wildman–Crippen LogP) is 7.15. The van der Waals surface area contributed by atoms with Gasteiger partial charge < -0.3 is 14.5 Å². The topological polar surface area (TPSA) is 45.7 Å². The van der Waals surface area contributed by atoms with Gasteiger partial charge in [-0.15, -0.1) is 0 Å². The highest BCUT2D eigenvalue weighted by Gasteiger charge is 2.39. The van der Waals surface area contributed by atoms with E-state index in [4.69, 9.17) is 9.72 Å². The Hall–Kier alpha value is -2.66. The Kier molecular flexibility index (Phi) is 6.15. The lowest BCUT2D eigenvalue weighted by molar-refractivity contribution is -0.0358. The Morgan fingerprint density at radius 2 is 1.92 bits per heavy atom. The van der Waals surface area contributed by atoms with Gasteiger partial charge in [-0.05, 0) is 104 Å². The first-order chi connectivity index (χ1) is 18.8. The number of fused-ring (bicyclic) bond motifs is 4. The number of allylic oxidation sites excluding steroid dienone is 2. The molecule has 2 amide bonds. The Morgan fingerprint density at radius 1 is 1.05 bits per heavy atom. The molecule has 5 aliphatic rings. The van der Waals surface area contributed by atoms with Crippen molar-refractivity contribution in [1.29, 1.82) is 0 Å². The Bertz CT molecular complexity index is 1340. The van der Waals surface area contributed by atoms with E-state index in [-0.39, 0.29) is 11.6 Å². The summed E-state index contributed by atoms with van der Waals surface area (Å²) in [6, 6.07) is 7.45. The lowest BCUT2D eigenvalue weighted by atomic mass is 9.66. The zero-order valence-electron chi connectivity index (χ0n) is 24.1. The molecule has 2 aliphatic heterocycles. The lowest BCUT2D eigenvalue weighted by Crippen LogP contribution is -2.59. The van der Waals surface area contributed by atoms with Crippen LogP contribution in [0.2, 0.25) is 0 Å². The number of carbonyl (C=O) groups excluding carboxylic acids is 1. The van der Waals surface area contributed by atoms with Crippen LogP contribution in [0.5, 0.6) is 0 Å². The molecule has 1 aromatic heterocycles. The van der Waals surface area contributed by atoms with Crippen molar-refractivity contribution in [3.8, 4) is 11.1 Å². The van der Waals surface area contributed by atoms with E-state index in [2.05, 4.69) is 63.1 Å². The third-order valence-electron chi connectivity index (χ3n) is 10.6. The lowest BCUT2D eigenvalue weighted by Gasteiger charge is -2.45. The van der Waals surface area contributed by atoms with Gasteiger partial charge in [0.1, 0.15) is 0 Å². The van der Waals surface area contributed by atoms with Gasteiger partial charge in [0.15, 0.2) is 0 Å². The molecule has 2 saturated carbocycles. The number of hydrogen-bond donors (Lipinski definition) is 0. The number of carbonyl (C=O) groups is 1. The van der Waals surface area contributed by atoms with Crippen LogP contribution >= 0.6 is 0 Å². The summed E-state index contributed by atoms with van der Waals surface area (Å²) in [5.74, 6) is 2.56. The van der Waals surface area contributed by atoms with Crippen molar-refractivity contribution in [3.63, 3.8) is 0 Å². The van der Waals surface area contributed by atoms with Gasteiger partial charge in [0, 0.05) is 37.3 Å². The van der Waals surface area contributed by atoms with Crippen molar-refractivity contribution in [1.82, 2.24) is 14.8 Å². The molecule has 3 fully saturated rings. The molecule has 206 valence electrons. The minimum absolute atomic E-state index is 0.166. The zero-order chi connectivity index (χ0) is 26.9. The number of rotatable bonds is 2. The van der Waals surface area contributed by atoms with Crippen LogP contribution in [0.4, 0.5) is 4.79 Å². The summed E-state index contributed by atoms with van der Waals surface area (Å²) < 4.78 is 5.70. The molecule has 3 heterocycles. The molecular formula is C34H43N3O2. The third-order valence-corrected chi connectivity index (χ3v) is 10.6. The van der Waals surface area contributed by atoms with E-state index in [1.807, 2.05) is 4.90 Å². The third kappa shape index (κ3) is 4.23. The largest absolute Gasteiger partial charge is 0.377 e. The molecule has 0 bridgehead atoms. The van der Waals surface area contributed by atoms with Gasteiger partial charge in [0.05, 0.1) is 24.4 Å². The molecule has 0 radical (unpaired) electrons. The van der Waals surface area contributed by atoms with E-state index in [1.165, 1.54) is 76.8 Å². The van der Waals surface area contributed by atoms with Crippen LogP contribution < -0.4 is 0 Å². The standard InChI is InChI=1S/C34H43N3O2/c1-21-6-5-7-27(21)30-16-25(26-17-29-22(2)14-23-8-9-28(23)32(29)35-18-26)15-24-10-11-36(19-31(24)30)33(38)37-12-13-39-20-34(37,3)4/h14-18,21,23,27-28H,5-13,19-20H2,1-4H3/t21?,23?,27-,28+/m1/s1. The normalized spacial score (nSPS) is 29.2. The van der Waals surface area contributed by atoms with E-state index in [0.29, 0.717) is 50.0 Å². The van der Waals surface area contributed by atoms with Crippen molar-refractivity contribution in [2.24, 2.45) is 11.8 Å². The number of morpholine rings is 1. The number of aromatic nitrogens is 1. The number of pyridine rings is 1. The maximum Gasteiger partial charge on any atom is 0.320 e. The average molecular weight is 526 g/mol. The molecule has 39 heavy (non-hydrogen) atoms. The molecule has 0 spiro atoms. The molecule has 2 unspecified atom stereocenters. The second kappa shape index (κ2) is 9.47. The Balaban J connectivity index is 1.25. The highest BCUT2D eigenvalue weighted by Crippen LogP contribution is 2.50. The van der Waals surface area contributed by atoms with E-state index >= 15 is 0 Å². The Morgan fingerprint density at radius 3 is 2.67 bits per heavy atom. The molecule has 2 aromatic rings. The molecule has 4 atom stereocenters. The SMILES string of the molecule is CC1=CC2CC[C@@H]2c2ncc(-c3cc4c(c([C@@H]5CCCC5C)c3)CN(C(=O)N3CCOCC3(C)C)CC4)cc21. The molecule has 1 aromatic carbocycles. The highest BCUT2D eigenvalue weighted by atomic mass is 16.5. The molecule has 7 rings (SSSR count). The van der Waals surface area contributed by atoms with Crippen molar-refractivity contribution in [2.45, 2.75) is 90.1 Å². The summed E-state index contributed by atoms with van der Waals surface area (Å²) in [6.07, 6.45) is 11.9. The van der Waals surface area contributed by atoms with E-state index in [0.717, 1.165) is 13.0 Å². The molecule has 3 aliphatic carbocycles. The zero-order valence-corrected chi connectivity index (χ0v) is 24.1. The second-order valence-corrected chi connectivity index (χ2v) is 13.5. The fraction of sp³-hybridized carbons (Fsp3) is 0.588. The minimum atomic E-state index is -0.270. The number of nitrogens with zero attached hydrogens (tertiary/aromatic N) is 3. The highest BCUT2D eigenvalue weighted by molar-refractivity contribution is 5.78. The summed E-state index contributed by atoms with van der Waals surface area (Å²) in [4.78, 5) is 23.0. The summed E-state index contributed by atoms with van der Waals surface area (Å²) >= 11 is 0. The van der Waals surface area contributed by atoms with Gasteiger partial charge in [-0.1, -0.05) is 38.0 Å². The fourth-order valence-corrected chi connectivity index (χ4v) is 8.07. The van der Waals surface area contributed by atoms with Gasteiger partial charge in [0.2, 0.25) is 0 Å². The fourth-order valence-electron chi connectivity index (χ4n) is 8.07. The summed E-state index contributed by atoms with van der Waals surface area (Å²) in [5.41, 5.74) is 10.6. The maximum absolute atomic E-state index is 13.8. The van der Waals surface area contributed by atoms with Crippen LogP contribution in [-0.4, -0.2) is 52.7 Å². The van der Waals surface area contributed by atoms with Crippen LogP contribution in [-0.2, 0) is 17.7 Å². The first-order valence-corrected chi connectivity index (χ1v) is 15.3. The summed E-state index contributed by atoms with van der Waals surface area (Å²) in [7, 11) is 0. The number of amides is 2. The molecular weight excluding hydrogens is 482 g/mol. The van der Waals surface area contributed by atoms with Gasteiger partial charge in [-0.3, -0.25) is 4.98 Å². The van der Waals surface area contributed by atoms with E-state index in [9.17, 15) is 4.79 Å². The number of hydrogen-bond acceptors (Lipinski definition) is 3. The molecule has 5 heteroatoms. The number of ether oxygens (including phenoxy) is 1. The summed E-state index contributed by atoms with van der Waals surface area (Å²) in [5, 5.41) is 0. The van der Waals surface area contributed by atoms with Gasteiger partial charge in [-0.2, -0.15) is 0 Å². The van der Waals surface area contributed by atoms with Gasteiger partial charge >= 0.3 is 6.03 Å². The first kappa shape index (κ1) is 25.3. The quantitative estimate of drug-likeness (QED) is 0.418. The van der Waals surface area contributed by atoms with Crippen LogP contribution in [0.15, 0.2) is 30.5 Å². The van der Waals surface area contributed by atoms with Crippen molar-refractivity contribution >= 4 is 11.6 Å². The molecule has 5 nitrogen and oxygen atoms in total. The predicted molar refractivity (Wildman–Crippen MR) is 156 cm³/mol. The molecule has 0 N–H and O–H groups in total. The van der Waals surface area contributed by atoms with Gasteiger partial charge in [-0.25, -0.2) is 4.79 Å². The van der Waals surface area contributed by atoms with Crippen LogP contribution in [0.1, 0.15) is 99.6 Å². The monoisotopic (exact) mass is 525 g/mol. The summed E-state index contributed by atoms with van der Waals surface area (Å²) in [6.45, 7) is 12.3. The van der Waals surface area contributed by atoms with Crippen molar-refractivity contribution in [2.75, 3.05) is 26.3 Å². The average Bonchev–Trinajstić information content (AvgIpc) is 3.34. The number of benzene rings is 1.